The van der Waals surface area contributed by atoms with Crippen LogP contribution in [-0.4, -0.2) is 22.1 Å². The monoisotopic (exact) mass is 368 g/mol. The van der Waals surface area contributed by atoms with E-state index < -0.39 is 0 Å². The van der Waals surface area contributed by atoms with Gasteiger partial charge >= 0.3 is 0 Å². The number of aryl methyl sites for hydroxylation is 1. The van der Waals surface area contributed by atoms with Gasteiger partial charge in [0, 0.05) is 35.3 Å². The maximum absolute atomic E-state index is 5.20. The number of ether oxygens (including phenoxy) is 1. The van der Waals surface area contributed by atoms with Gasteiger partial charge in [-0.15, -0.1) is 0 Å². The topological polar surface area (TPSA) is 59.9 Å². The van der Waals surface area contributed by atoms with E-state index in [1.165, 1.54) is 0 Å². The van der Waals surface area contributed by atoms with E-state index in [9.17, 15) is 0 Å². The van der Waals surface area contributed by atoms with Crippen molar-refractivity contribution in [1.82, 2.24) is 15.0 Å². The van der Waals surface area contributed by atoms with Crippen LogP contribution in [0.4, 0.5) is 11.5 Å². The number of nitrogens with zero attached hydrogens (tertiary/aromatic N) is 3. The summed E-state index contributed by atoms with van der Waals surface area (Å²) in [6.45, 7) is 1.89. The van der Waals surface area contributed by atoms with Gasteiger partial charge in [-0.2, -0.15) is 0 Å². The van der Waals surface area contributed by atoms with Crippen molar-refractivity contribution >= 4 is 11.5 Å². The number of rotatable bonds is 5. The van der Waals surface area contributed by atoms with Crippen LogP contribution in [0.1, 0.15) is 5.82 Å². The first kappa shape index (κ1) is 17.7. The van der Waals surface area contributed by atoms with Crippen LogP contribution in [0.2, 0.25) is 0 Å². The quantitative estimate of drug-likeness (QED) is 0.520. The second kappa shape index (κ2) is 7.88. The van der Waals surface area contributed by atoms with Gasteiger partial charge in [-0.3, -0.25) is 4.98 Å². The molecule has 2 aromatic carbocycles. The van der Waals surface area contributed by atoms with Gasteiger partial charge in [0.2, 0.25) is 0 Å². The Labute approximate surface area is 164 Å². The highest BCUT2D eigenvalue weighted by Gasteiger charge is 2.08. The highest BCUT2D eigenvalue weighted by molar-refractivity contribution is 5.71. The lowest BCUT2D eigenvalue weighted by molar-refractivity contribution is 0.415. The van der Waals surface area contributed by atoms with Crippen LogP contribution >= 0.6 is 0 Å². The molecule has 0 atom stereocenters. The van der Waals surface area contributed by atoms with E-state index in [1.54, 1.807) is 7.11 Å². The average molecular weight is 368 g/mol. The Morgan fingerprint density at radius 3 is 2.29 bits per heavy atom. The Morgan fingerprint density at radius 1 is 0.786 bits per heavy atom. The molecule has 4 aromatic rings. The fourth-order valence-corrected chi connectivity index (χ4v) is 2.97. The van der Waals surface area contributed by atoms with Crippen LogP contribution in [0.5, 0.6) is 5.75 Å². The fraction of sp³-hybridized carbons (Fsp3) is 0.0870. The van der Waals surface area contributed by atoms with Gasteiger partial charge < -0.3 is 10.1 Å². The maximum atomic E-state index is 5.20. The van der Waals surface area contributed by atoms with Crippen molar-refractivity contribution in [3.8, 4) is 28.1 Å². The van der Waals surface area contributed by atoms with Gasteiger partial charge in [0.05, 0.1) is 12.8 Å². The van der Waals surface area contributed by atoms with Crippen molar-refractivity contribution in [2.45, 2.75) is 6.92 Å². The largest absolute Gasteiger partial charge is 0.497 e. The van der Waals surface area contributed by atoms with Crippen LogP contribution in [0.3, 0.4) is 0 Å². The first-order chi connectivity index (χ1) is 13.7. The molecule has 0 saturated carbocycles. The third-order valence-electron chi connectivity index (χ3n) is 4.34. The molecule has 0 saturated heterocycles. The molecule has 5 nitrogen and oxygen atoms in total. The van der Waals surface area contributed by atoms with Crippen molar-refractivity contribution < 1.29 is 4.74 Å². The first-order valence-electron chi connectivity index (χ1n) is 8.99. The summed E-state index contributed by atoms with van der Waals surface area (Å²) < 4.78 is 5.20. The highest BCUT2D eigenvalue weighted by Crippen LogP contribution is 2.26. The molecule has 1 N–H and O–H groups in total. The minimum atomic E-state index is 0.693. The Balaban J connectivity index is 1.65. The summed E-state index contributed by atoms with van der Waals surface area (Å²) in [6.07, 6.45) is 3.69. The zero-order chi connectivity index (χ0) is 19.3. The van der Waals surface area contributed by atoms with E-state index >= 15 is 0 Å². The highest BCUT2D eigenvalue weighted by atomic mass is 16.5. The van der Waals surface area contributed by atoms with E-state index in [1.807, 2.05) is 67.8 Å². The van der Waals surface area contributed by atoms with E-state index in [4.69, 9.17) is 4.74 Å². The predicted octanol–water partition coefficient (Wildman–Crippen LogP) is 5.27. The van der Waals surface area contributed by atoms with Crippen LogP contribution < -0.4 is 10.1 Å². The normalized spacial score (nSPS) is 10.5. The molecule has 0 aliphatic rings. The first-order valence-corrected chi connectivity index (χ1v) is 8.99. The number of methoxy groups -OCH3 is 1. The minimum Gasteiger partial charge on any atom is -0.497 e. The number of anilines is 2. The second-order valence-electron chi connectivity index (χ2n) is 6.37. The van der Waals surface area contributed by atoms with Gasteiger partial charge in [0.25, 0.3) is 0 Å². The molecule has 0 fully saturated rings. The molecule has 2 aromatic heterocycles. The second-order valence-corrected chi connectivity index (χ2v) is 6.37. The number of nitrogens with one attached hydrogen (secondary N) is 1. The molecule has 138 valence electrons. The maximum Gasteiger partial charge on any atom is 0.134 e. The third kappa shape index (κ3) is 3.99. The summed E-state index contributed by atoms with van der Waals surface area (Å²) in [5, 5.41) is 3.33. The SMILES string of the molecule is COc1ccc(Nc2cc(-c3cncc(-c4ccccc4)c3)nc(C)n2)cc1. The summed E-state index contributed by atoms with van der Waals surface area (Å²) in [7, 11) is 1.65. The number of hydrogen-bond donors (Lipinski definition) is 1. The van der Waals surface area contributed by atoms with Crippen LogP contribution in [0.15, 0.2) is 79.1 Å². The Kier molecular flexibility index (Phi) is 4.97. The van der Waals surface area contributed by atoms with Crippen LogP contribution in [0.25, 0.3) is 22.4 Å². The fourth-order valence-electron chi connectivity index (χ4n) is 2.97. The summed E-state index contributed by atoms with van der Waals surface area (Å²) in [6, 6.07) is 21.9. The number of hydrogen-bond acceptors (Lipinski definition) is 5. The molecule has 0 radical (unpaired) electrons. The van der Waals surface area contributed by atoms with Gasteiger partial charge in [0.15, 0.2) is 0 Å². The molecular formula is C23H20N4O. The molecule has 0 spiro atoms. The summed E-state index contributed by atoms with van der Waals surface area (Å²) in [5.41, 5.74) is 4.89. The molecule has 0 bridgehead atoms. The van der Waals surface area contributed by atoms with E-state index in [0.29, 0.717) is 5.82 Å². The molecule has 0 aliphatic carbocycles. The van der Waals surface area contributed by atoms with Crippen molar-refractivity contribution in [2.75, 3.05) is 12.4 Å². The molecule has 0 amide bonds. The van der Waals surface area contributed by atoms with E-state index in [0.717, 1.165) is 39.6 Å². The molecule has 28 heavy (non-hydrogen) atoms. The van der Waals surface area contributed by atoms with Crippen molar-refractivity contribution in [2.24, 2.45) is 0 Å². The van der Waals surface area contributed by atoms with Gasteiger partial charge in [-0.05, 0) is 42.8 Å². The summed E-state index contributed by atoms with van der Waals surface area (Å²) in [5.74, 6) is 2.24. The van der Waals surface area contributed by atoms with Gasteiger partial charge in [0.1, 0.15) is 17.4 Å². The number of aromatic nitrogens is 3. The standard InChI is InChI=1S/C23H20N4O/c1-16-25-22(13-23(26-16)27-20-8-10-21(28-2)11-9-20)19-12-18(14-24-15-19)17-6-4-3-5-7-17/h3-15H,1-2H3,(H,25,26,27). The molecule has 5 heteroatoms. The average Bonchev–Trinajstić information content (AvgIpc) is 2.75. The lowest BCUT2D eigenvalue weighted by atomic mass is 10.0. The molecule has 4 rings (SSSR count). The predicted molar refractivity (Wildman–Crippen MR) is 112 cm³/mol. The molecule has 2 heterocycles. The van der Waals surface area contributed by atoms with Crippen LogP contribution in [0, 0.1) is 6.92 Å². The van der Waals surface area contributed by atoms with Crippen molar-refractivity contribution in [3.05, 3.63) is 84.9 Å². The molecular weight excluding hydrogens is 348 g/mol. The third-order valence-corrected chi connectivity index (χ3v) is 4.34. The van der Waals surface area contributed by atoms with E-state index in [2.05, 4.69) is 38.5 Å². The van der Waals surface area contributed by atoms with Crippen molar-refractivity contribution in [3.63, 3.8) is 0 Å². The van der Waals surface area contributed by atoms with Gasteiger partial charge in [-0.1, -0.05) is 30.3 Å². The summed E-state index contributed by atoms with van der Waals surface area (Å²) in [4.78, 5) is 13.5. The van der Waals surface area contributed by atoms with E-state index in [-0.39, 0.29) is 0 Å². The Hall–Kier alpha value is -3.73. The smallest absolute Gasteiger partial charge is 0.134 e. The lowest BCUT2D eigenvalue weighted by Gasteiger charge is -2.10. The minimum absolute atomic E-state index is 0.693. The summed E-state index contributed by atoms with van der Waals surface area (Å²) >= 11 is 0. The number of benzene rings is 2. The van der Waals surface area contributed by atoms with Crippen LogP contribution in [-0.2, 0) is 0 Å². The molecule has 0 unspecified atom stereocenters. The molecule has 0 aliphatic heterocycles. The Bertz CT molecular complexity index is 1080. The zero-order valence-corrected chi connectivity index (χ0v) is 15.8. The Morgan fingerprint density at radius 2 is 1.54 bits per heavy atom. The van der Waals surface area contributed by atoms with Gasteiger partial charge in [-0.25, -0.2) is 9.97 Å². The van der Waals surface area contributed by atoms with Crippen molar-refractivity contribution in [1.29, 1.82) is 0 Å². The lowest BCUT2D eigenvalue weighted by Crippen LogP contribution is -1.99. The zero-order valence-electron chi connectivity index (χ0n) is 15.8. The number of pyridine rings is 1.